The van der Waals surface area contributed by atoms with Crippen molar-refractivity contribution in [3.05, 3.63) is 17.0 Å². The van der Waals surface area contributed by atoms with E-state index in [0.29, 0.717) is 6.42 Å². The highest BCUT2D eigenvalue weighted by Gasteiger charge is 2.18. The van der Waals surface area contributed by atoms with Gasteiger partial charge in [-0.05, 0) is 32.3 Å². The Hall–Kier alpha value is -1.32. The Morgan fingerprint density at radius 3 is 2.65 bits per heavy atom. The van der Waals surface area contributed by atoms with Crippen molar-refractivity contribution in [3.63, 3.8) is 0 Å². The maximum atomic E-state index is 10.9. The summed E-state index contributed by atoms with van der Waals surface area (Å²) in [7, 11) is 0. The first-order valence-electron chi connectivity index (χ1n) is 6.23. The lowest BCUT2D eigenvalue weighted by atomic mass is 10.00. The highest BCUT2D eigenvalue weighted by molar-refractivity contribution is 5.70. The van der Waals surface area contributed by atoms with E-state index < -0.39 is 5.97 Å². The number of carbonyl (C=O) groups is 1. The van der Waals surface area contributed by atoms with E-state index in [4.69, 9.17) is 5.11 Å². The Morgan fingerprint density at radius 1 is 1.47 bits per heavy atom. The van der Waals surface area contributed by atoms with Crippen LogP contribution in [0, 0.1) is 19.8 Å². The third kappa shape index (κ3) is 3.32. The van der Waals surface area contributed by atoms with Crippen LogP contribution in [0.1, 0.15) is 43.6 Å². The second-order valence-electron chi connectivity index (χ2n) is 4.67. The number of carboxylic acid groups (broad SMARTS) is 1. The second kappa shape index (κ2) is 5.84. The van der Waals surface area contributed by atoms with Crippen molar-refractivity contribution in [1.29, 1.82) is 0 Å². The van der Waals surface area contributed by atoms with Crippen molar-refractivity contribution in [2.75, 3.05) is 0 Å². The van der Waals surface area contributed by atoms with E-state index in [-0.39, 0.29) is 5.92 Å². The van der Waals surface area contributed by atoms with Crippen LogP contribution in [-0.2, 0) is 17.8 Å². The van der Waals surface area contributed by atoms with E-state index in [1.165, 1.54) is 0 Å². The Labute approximate surface area is 103 Å². The van der Waals surface area contributed by atoms with Gasteiger partial charge in [-0.3, -0.25) is 9.48 Å². The number of hydrogen-bond acceptors (Lipinski definition) is 2. The molecule has 4 heteroatoms. The molecule has 1 atom stereocenters. The van der Waals surface area contributed by atoms with Gasteiger partial charge in [0.2, 0.25) is 0 Å². The standard InChI is InChI=1S/C13H22N2O2/c1-5-6-7-15-11(4)12(10(3)14-15)8-9(2)13(16)17/h9H,5-8H2,1-4H3,(H,16,17). The van der Waals surface area contributed by atoms with Crippen LogP contribution in [0.5, 0.6) is 0 Å². The molecule has 0 aliphatic heterocycles. The second-order valence-corrected chi connectivity index (χ2v) is 4.67. The molecule has 1 unspecified atom stereocenters. The van der Waals surface area contributed by atoms with Crippen LogP contribution in [0.4, 0.5) is 0 Å². The van der Waals surface area contributed by atoms with Crippen molar-refractivity contribution in [1.82, 2.24) is 9.78 Å². The summed E-state index contributed by atoms with van der Waals surface area (Å²) in [5.41, 5.74) is 3.17. The Kier molecular flexibility index (Phi) is 4.73. The highest BCUT2D eigenvalue weighted by atomic mass is 16.4. The highest BCUT2D eigenvalue weighted by Crippen LogP contribution is 2.18. The molecule has 1 rings (SSSR count). The lowest BCUT2D eigenvalue weighted by molar-refractivity contribution is -0.141. The summed E-state index contributed by atoms with van der Waals surface area (Å²) in [6.07, 6.45) is 2.81. The van der Waals surface area contributed by atoms with Gasteiger partial charge >= 0.3 is 5.97 Å². The minimum absolute atomic E-state index is 0.351. The van der Waals surface area contributed by atoms with Crippen molar-refractivity contribution in [2.24, 2.45) is 5.92 Å². The van der Waals surface area contributed by atoms with Crippen molar-refractivity contribution < 1.29 is 9.90 Å². The quantitative estimate of drug-likeness (QED) is 0.828. The average molecular weight is 238 g/mol. The van der Waals surface area contributed by atoms with Crippen LogP contribution in [-0.4, -0.2) is 20.9 Å². The minimum Gasteiger partial charge on any atom is -0.481 e. The van der Waals surface area contributed by atoms with Gasteiger partial charge in [-0.2, -0.15) is 5.10 Å². The summed E-state index contributed by atoms with van der Waals surface area (Å²) in [4.78, 5) is 10.9. The first kappa shape index (κ1) is 13.7. The average Bonchev–Trinajstić information content (AvgIpc) is 2.53. The molecular formula is C13H22N2O2. The summed E-state index contributed by atoms with van der Waals surface area (Å²) < 4.78 is 2.00. The van der Waals surface area contributed by atoms with Crippen LogP contribution in [0.25, 0.3) is 0 Å². The van der Waals surface area contributed by atoms with Crippen molar-refractivity contribution in [2.45, 2.75) is 53.5 Å². The summed E-state index contributed by atoms with van der Waals surface area (Å²) in [5.74, 6) is -1.10. The minimum atomic E-state index is -0.745. The molecule has 0 spiro atoms. The number of aryl methyl sites for hydroxylation is 2. The van der Waals surface area contributed by atoms with Crippen molar-refractivity contribution >= 4 is 5.97 Å². The van der Waals surface area contributed by atoms with Gasteiger partial charge in [-0.25, -0.2) is 0 Å². The normalized spacial score (nSPS) is 12.7. The first-order chi connectivity index (χ1) is 7.97. The zero-order valence-electron chi connectivity index (χ0n) is 11.2. The monoisotopic (exact) mass is 238 g/mol. The molecule has 1 N–H and O–H groups in total. The fraction of sp³-hybridized carbons (Fsp3) is 0.692. The number of aliphatic carboxylic acids is 1. The fourth-order valence-corrected chi connectivity index (χ4v) is 1.95. The van der Waals surface area contributed by atoms with E-state index in [1.54, 1.807) is 6.92 Å². The molecule has 0 aromatic carbocycles. The van der Waals surface area contributed by atoms with E-state index in [2.05, 4.69) is 12.0 Å². The molecule has 1 aromatic rings. The molecule has 0 aliphatic rings. The smallest absolute Gasteiger partial charge is 0.306 e. The molecule has 1 heterocycles. The van der Waals surface area contributed by atoms with E-state index in [0.717, 1.165) is 36.3 Å². The van der Waals surface area contributed by atoms with Crippen LogP contribution in [0.3, 0.4) is 0 Å². The number of aromatic nitrogens is 2. The predicted octanol–water partition coefficient (Wildman–Crippen LogP) is 2.56. The maximum absolute atomic E-state index is 10.9. The summed E-state index contributed by atoms with van der Waals surface area (Å²) in [6, 6.07) is 0. The number of unbranched alkanes of at least 4 members (excludes halogenated alkanes) is 1. The van der Waals surface area contributed by atoms with Gasteiger partial charge in [-0.15, -0.1) is 0 Å². The van der Waals surface area contributed by atoms with Crippen LogP contribution >= 0.6 is 0 Å². The zero-order chi connectivity index (χ0) is 13.0. The van der Waals surface area contributed by atoms with Gasteiger partial charge in [0.1, 0.15) is 0 Å². The molecule has 1 aromatic heterocycles. The molecule has 0 amide bonds. The van der Waals surface area contributed by atoms with Gasteiger partial charge in [0.25, 0.3) is 0 Å². The SMILES string of the molecule is CCCCn1nc(C)c(CC(C)C(=O)O)c1C. The van der Waals surface area contributed by atoms with E-state index in [1.807, 2.05) is 18.5 Å². The summed E-state index contributed by atoms with van der Waals surface area (Å²) in [6.45, 7) is 8.80. The van der Waals surface area contributed by atoms with Crippen LogP contribution < -0.4 is 0 Å². The summed E-state index contributed by atoms with van der Waals surface area (Å²) >= 11 is 0. The molecule has 0 fully saturated rings. The van der Waals surface area contributed by atoms with E-state index in [9.17, 15) is 4.79 Å². The predicted molar refractivity (Wildman–Crippen MR) is 67.1 cm³/mol. The Bertz CT molecular complexity index is 396. The van der Waals surface area contributed by atoms with Gasteiger partial charge in [0.15, 0.2) is 0 Å². The number of carboxylic acids is 1. The van der Waals surface area contributed by atoms with Gasteiger partial charge in [0, 0.05) is 12.2 Å². The van der Waals surface area contributed by atoms with Crippen LogP contribution in [0.2, 0.25) is 0 Å². The topological polar surface area (TPSA) is 55.1 Å². The third-order valence-electron chi connectivity index (χ3n) is 3.19. The third-order valence-corrected chi connectivity index (χ3v) is 3.19. The molecule has 0 bridgehead atoms. The van der Waals surface area contributed by atoms with Crippen molar-refractivity contribution in [3.8, 4) is 0 Å². The number of hydrogen-bond donors (Lipinski definition) is 1. The fourth-order valence-electron chi connectivity index (χ4n) is 1.95. The molecule has 0 radical (unpaired) electrons. The Morgan fingerprint density at radius 2 is 2.12 bits per heavy atom. The molecule has 17 heavy (non-hydrogen) atoms. The molecular weight excluding hydrogens is 216 g/mol. The van der Waals surface area contributed by atoms with Crippen LogP contribution in [0.15, 0.2) is 0 Å². The first-order valence-corrected chi connectivity index (χ1v) is 6.23. The molecule has 0 aliphatic carbocycles. The molecule has 96 valence electrons. The van der Waals surface area contributed by atoms with Gasteiger partial charge in [-0.1, -0.05) is 20.3 Å². The maximum Gasteiger partial charge on any atom is 0.306 e. The number of rotatable bonds is 6. The van der Waals surface area contributed by atoms with Gasteiger partial charge in [0.05, 0.1) is 11.6 Å². The summed E-state index contributed by atoms with van der Waals surface area (Å²) in [5, 5.41) is 13.4. The Balaban J connectivity index is 2.85. The number of nitrogens with zero attached hydrogens (tertiary/aromatic N) is 2. The van der Waals surface area contributed by atoms with E-state index >= 15 is 0 Å². The molecule has 0 saturated heterocycles. The lowest BCUT2D eigenvalue weighted by Crippen LogP contribution is -2.13. The van der Waals surface area contributed by atoms with Gasteiger partial charge < -0.3 is 5.11 Å². The lowest BCUT2D eigenvalue weighted by Gasteiger charge is -2.07. The molecule has 4 nitrogen and oxygen atoms in total. The molecule has 0 saturated carbocycles. The zero-order valence-corrected chi connectivity index (χ0v) is 11.2. The largest absolute Gasteiger partial charge is 0.481 e.